The Morgan fingerprint density at radius 3 is 2.78 bits per heavy atom. The second-order valence-corrected chi connectivity index (χ2v) is 10.1. The number of nitrogens with zero attached hydrogens (tertiary/aromatic N) is 3. The maximum Gasteiger partial charge on any atom is 0.292 e. The van der Waals surface area contributed by atoms with Gasteiger partial charge in [0.1, 0.15) is 12.4 Å². The number of amides is 2. The molecule has 8 heteroatoms. The molecule has 3 heterocycles. The molecule has 8 nitrogen and oxygen atoms in total. The third-order valence-electron chi connectivity index (χ3n) is 7.13. The highest BCUT2D eigenvalue weighted by Crippen LogP contribution is 2.30. The summed E-state index contributed by atoms with van der Waals surface area (Å²) < 4.78 is 17.8. The van der Waals surface area contributed by atoms with Gasteiger partial charge in [-0.15, -0.1) is 0 Å². The lowest BCUT2D eigenvalue weighted by Crippen LogP contribution is -2.62. The Morgan fingerprint density at radius 2 is 2.00 bits per heavy atom. The van der Waals surface area contributed by atoms with Gasteiger partial charge < -0.3 is 23.8 Å². The Bertz CT molecular complexity index is 1040. The first-order chi connectivity index (χ1) is 17.4. The first-order valence-electron chi connectivity index (χ1n) is 13.3. The number of carbonyl (C=O) groups excluding carboxylic acids is 2. The zero-order chi connectivity index (χ0) is 25.5. The fourth-order valence-electron chi connectivity index (χ4n) is 4.96. The van der Waals surface area contributed by atoms with E-state index in [9.17, 15) is 9.59 Å². The van der Waals surface area contributed by atoms with Crippen LogP contribution in [-0.4, -0.2) is 71.8 Å². The highest BCUT2D eigenvalue weighted by molar-refractivity contribution is 5.93. The summed E-state index contributed by atoms with van der Waals surface area (Å²) in [5.74, 6) is 0.983. The van der Waals surface area contributed by atoms with Crippen LogP contribution in [0, 0.1) is 0 Å². The highest BCUT2D eigenvalue weighted by Gasteiger charge is 2.47. The number of fused-ring (bicyclic) bond motifs is 1. The van der Waals surface area contributed by atoms with Gasteiger partial charge in [0.15, 0.2) is 5.60 Å². The monoisotopic (exact) mass is 497 g/mol. The number of carbonyl (C=O) groups is 2. The predicted octanol–water partition coefficient (Wildman–Crippen LogP) is 4.44. The summed E-state index contributed by atoms with van der Waals surface area (Å²) in [4.78, 5) is 31.0. The van der Waals surface area contributed by atoms with Crippen LogP contribution in [0.5, 0.6) is 5.75 Å². The van der Waals surface area contributed by atoms with Crippen LogP contribution in [0.1, 0.15) is 80.6 Å². The topological polar surface area (TPSA) is 85.1 Å². The Morgan fingerprint density at radius 1 is 1.17 bits per heavy atom. The van der Waals surface area contributed by atoms with Crippen LogP contribution < -0.4 is 4.74 Å². The van der Waals surface area contributed by atoms with Crippen molar-refractivity contribution in [3.63, 3.8) is 0 Å². The summed E-state index contributed by atoms with van der Waals surface area (Å²) in [6.45, 7) is 8.60. The van der Waals surface area contributed by atoms with Crippen molar-refractivity contribution in [2.24, 2.45) is 0 Å². The third-order valence-corrected chi connectivity index (χ3v) is 7.13. The van der Waals surface area contributed by atoms with Gasteiger partial charge in [0, 0.05) is 19.2 Å². The van der Waals surface area contributed by atoms with E-state index in [4.69, 9.17) is 14.0 Å². The first-order valence-corrected chi connectivity index (χ1v) is 13.3. The molecule has 1 atom stereocenters. The van der Waals surface area contributed by atoms with Crippen LogP contribution in [0.15, 0.2) is 34.9 Å². The number of aryl methyl sites for hydroxylation is 1. The number of rotatable bonds is 5. The molecule has 2 aromatic rings. The van der Waals surface area contributed by atoms with Gasteiger partial charge in [-0.2, -0.15) is 0 Å². The molecule has 1 spiro atoms. The van der Waals surface area contributed by atoms with Crippen molar-refractivity contribution in [1.29, 1.82) is 0 Å². The van der Waals surface area contributed by atoms with E-state index in [1.165, 1.54) is 5.56 Å². The lowest BCUT2D eigenvalue weighted by Gasteiger charge is -2.44. The molecule has 2 amide bonds. The Labute approximate surface area is 213 Å². The Balaban J connectivity index is 1.57. The summed E-state index contributed by atoms with van der Waals surface area (Å²) in [6, 6.07) is 9.84. The molecule has 4 rings (SSSR count). The molecule has 1 saturated heterocycles. The number of unbranched alkanes of at least 4 members (excludes halogenated alkanes) is 1. The van der Waals surface area contributed by atoms with Gasteiger partial charge in [0.25, 0.3) is 11.8 Å². The molecule has 1 fully saturated rings. The third kappa shape index (κ3) is 5.91. The van der Waals surface area contributed by atoms with E-state index in [-0.39, 0.29) is 30.0 Å². The van der Waals surface area contributed by atoms with Crippen LogP contribution in [0.25, 0.3) is 0 Å². The number of para-hydroxylation sites is 1. The average molecular weight is 498 g/mol. The number of hydrogen-bond donors (Lipinski definition) is 0. The molecule has 196 valence electrons. The molecule has 36 heavy (non-hydrogen) atoms. The van der Waals surface area contributed by atoms with Gasteiger partial charge in [0.05, 0.1) is 25.4 Å². The minimum Gasteiger partial charge on any atom is -0.491 e. The predicted molar refractivity (Wildman–Crippen MR) is 136 cm³/mol. The van der Waals surface area contributed by atoms with E-state index in [1.54, 1.807) is 11.0 Å². The number of benzene rings is 1. The van der Waals surface area contributed by atoms with Crippen LogP contribution in [-0.2, 0) is 16.0 Å². The zero-order valence-corrected chi connectivity index (χ0v) is 21.8. The van der Waals surface area contributed by atoms with E-state index < -0.39 is 5.60 Å². The molecule has 2 aliphatic rings. The van der Waals surface area contributed by atoms with Gasteiger partial charge in [-0.25, -0.2) is 0 Å². The van der Waals surface area contributed by atoms with Crippen molar-refractivity contribution in [2.75, 3.05) is 39.4 Å². The van der Waals surface area contributed by atoms with Crippen molar-refractivity contribution >= 4 is 11.8 Å². The highest BCUT2D eigenvalue weighted by atomic mass is 16.5. The van der Waals surface area contributed by atoms with Crippen molar-refractivity contribution in [2.45, 2.75) is 70.8 Å². The molecule has 0 radical (unpaired) electrons. The number of hydrogen-bond acceptors (Lipinski definition) is 6. The molecule has 0 bridgehead atoms. The Kier molecular flexibility index (Phi) is 8.67. The fourth-order valence-corrected chi connectivity index (χ4v) is 4.96. The van der Waals surface area contributed by atoms with Crippen LogP contribution in [0.4, 0.5) is 0 Å². The summed E-state index contributed by atoms with van der Waals surface area (Å²) in [5.41, 5.74) is 0.863. The molecule has 1 unspecified atom stereocenters. The minimum atomic E-state index is -1.07. The standard InChI is InChI=1S/C28H39N3O5/c1-4-5-14-30-15-17-34-24-12-7-6-10-22(24)11-8-9-13-28(27(30)33)20-31(16-18-35-28)26(32)25-19-23(21(2)3)29-36-25/h6-7,10,12,19,21H,4-5,8-9,11,13-18,20H2,1-3H3. The van der Waals surface area contributed by atoms with E-state index in [0.717, 1.165) is 43.5 Å². The number of morpholine rings is 1. The lowest BCUT2D eigenvalue weighted by atomic mass is 9.90. The van der Waals surface area contributed by atoms with Gasteiger partial charge in [0.2, 0.25) is 5.76 Å². The maximum absolute atomic E-state index is 14.1. The molecular formula is C28H39N3O5. The minimum absolute atomic E-state index is 0.0497. The summed E-state index contributed by atoms with van der Waals surface area (Å²) >= 11 is 0. The van der Waals surface area contributed by atoms with Crippen molar-refractivity contribution in [1.82, 2.24) is 15.0 Å². The van der Waals surface area contributed by atoms with E-state index in [2.05, 4.69) is 18.1 Å². The lowest BCUT2D eigenvalue weighted by molar-refractivity contribution is -0.170. The average Bonchev–Trinajstić information content (AvgIpc) is 3.39. The SMILES string of the molecule is CCCCN1CCOc2ccccc2CCCCC2(CN(C(=O)c3cc(C(C)C)no3)CCO2)C1=O. The van der Waals surface area contributed by atoms with Crippen LogP contribution in [0.2, 0.25) is 0 Å². The van der Waals surface area contributed by atoms with Crippen molar-refractivity contribution in [3.8, 4) is 5.75 Å². The molecule has 1 aromatic heterocycles. The number of aromatic nitrogens is 1. The van der Waals surface area contributed by atoms with Crippen LogP contribution >= 0.6 is 0 Å². The Hall–Kier alpha value is -2.87. The molecule has 0 N–H and O–H groups in total. The summed E-state index contributed by atoms with van der Waals surface area (Å²) in [7, 11) is 0. The van der Waals surface area contributed by atoms with Crippen LogP contribution in [0.3, 0.4) is 0 Å². The van der Waals surface area contributed by atoms with E-state index >= 15 is 0 Å². The smallest absolute Gasteiger partial charge is 0.292 e. The van der Waals surface area contributed by atoms with Gasteiger partial charge >= 0.3 is 0 Å². The van der Waals surface area contributed by atoms with E-state index in [1.807, 2.05) is 36.9 Å². The molecule has 1 aromatic carbocycles. The van der Waals surface area contributed by atoms with Gasteiger partial charge in [-0.1, -0.05) is 50.5 Å². The fraction of sp³-hybridized carbons (Fsp3) is 0.607. The molecule has 2 aliphatic heterocycles. The second-order valence-electron chi connectivity index (χ2n) is 10.1. The molecule has 0 aliphatic carbocycles. The van der Waals surface area contributed by atoms with Crippen molar-refractivity contribution in [3.05, 3.63) is 47.3 Å². The second kappa shape index (κ2) is 11.9. The largest absolute Gasteiger partial charge is 0.491 e. The first kappa shape index (κ1) is 26.2. The number of ether oxygens (including phenoxy) is 2. The zero-order valence-electron chi connectivity index (χ0n) is 21.8. The normalized spacial score (nSPS) is 21.6. The summed E-state index contributed by atoms with van der Waals surface area (Å²) in [6.07, 6.45) is 5.03. The van der Waals surface area contributed by atoms with E-state index in [0.29, 0.717) is 39.3 Å². The van der Waals surface area contributed by atoms with Gasteiger partial charge in [-0.05, 0) is 49.7 Å². The summed E-state index contributed by atoms with van der Waals surface area (Å²) in [5, 5.41) is 4.04. The maximum atomic E-state index is 14.1. The molecule has 0 saturated carbocycles. The van der Waals surface area contributed by atoms with Gasteiger partial charge in [-0.3, -0.25) is 9.59 Å². The quantitative estimate of drug-likeness (QED) is 0.607. The molecular weight excluding hydrogens is 458 g/mol. The van der Waals surface area contributed by atoms with Crippen molar-refractivity contribution < 1.29 is 23.6 Å².